The van der Waals surface area contributed by atoms with Crippen LogP contribution >= 0.6 is 0 Å². The van der Waals surface area contributed by atoms with Crippen LogP contribution in [0.2, 0.25) is 0 Å². The van der Waals surface area contributed by atoms with Gasteiger partial charge in [0, 0.05) is 23.9 Å². The number of carbonyl (C=O) groups is 1. The minimum atomic E-state index is -0.0996. The van der Waals surface area contributed by atoms with E-state index in [4.69, 9.17) is 4.42 Å². The lowest BCUT2D eigenvalue weighted by Gasteiger charge is -2.10. The van der Waals surface area contributed by atoms with E-state index in [1.54, 1.807) is 6.08 Å². The summed E-state index contributed by atoms with van der Waals surface area (Å²) >= 11 is 0. The van der Waals surface area contributed by atoms with Crippen LogP contribution < -0.4 is 5.32 Å². The molecule has 0 saturated heterocycles. The molecule has 0 aliphatic heterocycles. The number of fused-ring (bicyclic) bond motifs is 1. The lowest BCUT2D eigenvalue weighted by atomic mass is 10.1. The maximum atomic E-state index is 12.0. The molecule has 0 spiro atoms. The molecule has 23 heavy (non-hydrogen) atoms. The summed E-state index contributed by atoms with van der Waals surface area (Å²) in [5.41, 5.74) is 1.89. The van der Waals surface area contributed by atoms with Crippen molar-refractivity contribution in [2.24, 2.45) is 0 Å². The van der Waals surface area contributed by atoms with Crippen LogP contribution in [0.4, 0.5) is 0 Å². The van der Waals surface area contributed by atoms with Gasteiger partial charge in [0.1, 0.15) is 11.3 Å². The van der Waals surface area contributed by atoms with E-state index in [0.29, 0.717) is 6.42 Å². The van der Waals surface area contributed by atoms with Crippen LogP contribution in [0.25, 0.3) is 17.0 Å². The summed E-state index contributed by atoms with van der Waals surface area (Å²) in [6, 6.07) is 19.7. The van der Waals surface area contributed by atoms with E-state index in [1.165, 1.54) is 0 Å². The van der Waals surface area contributed by atoms with Gasteiger partial charge in [0.15, 0.2) is 0 Å². The quantitative estimate of drug-likeness (QED) is 0.718. The Hall–Kier alpha value is -2.81. The summed E-state index contributed by atoms with van der Waals surface area (Å²) in [5, 5.41) is 4.05. The minimum absolute atomic E-state index is 0.00323. The van der Waals surface area contributed by atoms with Crippen LogP contribution in [-0.4, -0.2) is 11.9 Å². The molecule has 2 aromatic carbocycles. The summed E-state index contributed by atoms with van der Waals surface area (Å²) in [6.45, 7) is 1.97. The maximum Gasteiger partial charge on any atom is 0.244 e. The second-order valence-electron chi connectivity index (χ2n) is 5.61. The molecule has 1 heterocycles. The van der Waals surface area contributed by atoms with E-state index in [-0.39, 0.29) is 11.9 Å². The second kappa shape index (κ2) is 6.97. The molecule has 0 aliphatic rings. The van der Waals surface area contributed by atoms with Crippen molar-refractivity contribution in [1.82, 2.24) is 5.32 Å². The Bertz CT molecular complexity index is 785. The van der Waals surface area contributed by atoms with Gasteiger partial charge in [-0.1, -0.05) is 48.5 Å². The number of nitrogens with one attached hydrogen (secondary N) is 1. The summed E-state index contributed by atoms with van der Waals surface area (Å²) in [5.74, 6) is 0.781. The zero-order valence-corrected chi connectivity index (χ0v) is 13.0. The molecule has 3 rings (SSSR count). The third kappa shape index (κ3) is 4.10. The van der Waals surface area contributed by atoms with Crippen LogP contribution in [0, 0.1) is 0 Å². The smallest absolute Gasteiger partial charge is 0.244 e. The summed E-state index contributed by atoms with van der Waals surface area (Å²) in [7, 11) is 0. The Balaban J connectivity index is 1.57. The van der Waals surface area contributed by atoms with Crippen molar-refractivity contribution in [1.29, 1.82) is 0 Å². The Morgan fingerprint density at radius 3 is 2.65 bits per heavy atom. The third-order valence-electron chi connectivity index (χ3n) is 3.60. The number of hydrogen-bond donors (Lipinski definition) is 1. The molecule has 3 heteroatoms. The molecule has 1 atom stereocenters. The van der Waals surface area contributed by atoms with E-state index < -0.39 is 0 Å². The first kappa shape index (κ1) is 15.1. The van der Waals surface area contributed by atoms with Gasteiger partial charge in [-0.25, -0.2) is 0 Å². The molecule has 0 fully saturated rings. The molecule has 1 amide bonds. The maximum absolute atomic E-state index is 12.0. The number of amides is 1. The lowest BCUT2D eigenvalue weighted by Crippen LogP contribution is -2.32. The van der Waals surface area contributed by atoms with Crippen molar-refractivity contribution in [3.05, 3.63) is 78.1 Å². The van der Waals surface area contributed by atoms with Gasteiger partial charge in [0.05, 0.1) is 0 Å². The SMILES string of the molecule is C[C@H](Cc1cc2ccccc2o1)NC(=O)/C=C/c1ccccc1. The molecule has 3 aromatic rings. The van der Waals surface area contributed by atoms with Crippen molar-refractivity contribution in [2.75, 3.05) is 0 Å². The monoisotopic (exact) mass is 305 g/mol. The number of furan rings is 1. The molecule has 0 aliphatic carbocycles. The van der Waals surface area contributed by atoms with Crippen molar-refractivity contribution < 1.29 is 9.21 Å². The molecule has 0 bridgehead atoms. The fourth-order valence-corrected chi connectivity index (χ4v) is 2.52. The fourth-order valence-electron chi connectivity index (χ4n) is 2.52. The standard InChI is InChI=1S/C20H19NO2/c1-15(13-18-14-17-9-5-6-10-19(17)23-18)21-20(22)12-11-16-7-3-2-4-8-16/h2-12,14-15H,13H2,1H3,(H,21,22)/b12-11+/t15-/m1/s1. The molecule has 0 radical (unpaired) electrons. The van der Waals surface area contributed by atoms with Gasteiger partial charge in [0.2, 0.25) is 5.91 Å². The third-order valence-corrected chi connectivity index (χ3v) is 3.60. The van der Waals surface area contributed by atoms with Crippen molar-refractivity contribution in [2.45, 2.75) is 19.4 Å². The Kier molecular flexibility index (Phi) is 4.57. The summed E-state index contributed by atoms with van der Waals surface area (Å²) < 4.78 is 5.78. The molecule has 3 nitrogen and oxygen atoms in total. The largest absolute Gasteiger partial charge is 0.461 e. The Morgan fingerprint density at radius 2 is 1.87 bits per heavy atom. The molecule has 0 saturated carbocycles. The fraction of sp³-hybridized carbons (Fsp3) is 0.150. The van der Waals surface area contributed by atoms with Crippen LogP contribution in [0.1, 0.15) is 18.2 Å². The number of carbonyl (C=O) groups excluding carboxylic acids is 1. The normalized spacial score (nSPS) is 12.6. The molecular formula is C20H19NO2. The van der Waals surface area contributed by atoms with Crippen LogP contribution in [-0.2, 0) is 11.2 Å². The van der Waals surface area contributed by atoms with E-state index in [9.17, 15) is 4.79 Å². The van der Waals surface area contributed by atoms with Crippen molar-refractivity contribution in [3.63, 3.8) is 0 Å². The highest BCUT2D eigenvalue weighted by Gasteiger charge is 2.10. The van der Waals surface area contributed by atoms with Crippen LogP contribution in [0.3, 0.4) is 0 Å². The molecule has 116 valence electrons. The van der Waals surface area contributed by atoms with Gasteiger partial charge >= 0.3 is 0 Å². The van der Waals surface area contributed by atoms with Crippen LogP contribution in [0.5, 0.6) is 0 Å². The van der Waals surface area contributed by atoms with E-state index in [1.807, 2.05) is 73.7 Å². The van der Waals surface area contributed by atoms with E-state index in [2.05, 4.69) is 5.32 Å². The first-order valence-corrected chi connectivity index (χ1v) is 7.72. The van der Waals surface area contributed by atoms with Gasteiger partial charge in [-0.05, 0) is 30.7 Å². The predicted octanol–water partition coefficient (Wildman–Crippen LogP) is 4.19. The van der Waals surface area contributed by atoms with Crippen molar-refractivity contribution >= 4 is 23.0 Å². The minimum Gasteiger partial charge on any atom is -0.461 e. The van der Waals surface area contributed by atoms with Gasteiger partial charge in [-0.15, -0.1) is 0 Å². The van der Waals surface area contributed by atoms with Gasteiger partial charge in [-0.2, -0.15) is 0 Å². The second-order valence-corrected chi connectivity index (χ2v) is 5.61. The number of rotatable bonds is 5. The highest BCUT2D eigenvalue weighted by atomic mass is 16.3. The van der Waals surface area contributed by atoms with E-state index in [0.717, 1.165) is 22.3 Å². The highest BCUT2D eigenvalue weighted by Crippen LogP contribution is 2.19. The van der Waals surface area contributed by atoms with E-state index >= 15 is 0 Å². The van der Waals surface area contributed by atoms with Gasteiger partial charge in [-0.3, -0.25) is 4.79 Å². The Morgan fingerprint density at radius 1 is 1.13 bits per heavy atom. The summed E-state index contributed by atoms with van der Waals surface area (Å²) in [4.78, 5) is 12.0. The molecule has 1 N–H and O–H groups in total. The first-order valence-electron chi connectivity index (χ1n) is 7.72. The number of benzene rings is 2. The molecular weight excluding hydrogens is 286 g/mol. The molecule has 1 aromatic heterocycles. The van der Waals surface area contributed by atoms with Gasteiger partial charge in [0.25, 0.3) is 0 Å². The Labute approximate surface area is 135 Å². The number of para-hydroxylation sites is 1. The average Bonchev–Trinajstić information content (AvgIpc) is 2.96. The molecule has 0 unspecified atom stereocenters. The zero-order chi connectivity index (χ0) is 16.1. The first-order chi connectivity index (χ1) is 11.2. The zero-order valence-electron chi connectivity index (χ0n) is 13.0. The van der Waals surface area contributed by atoms with Gasteiger partial charge < -0.3 is 9.73 Å². The predicted molar refractivity (Wildman–Crippen MR) is 93.0 cm³/mol. The van der Waals surface area contributed by atoms with Crippen LogP contribution in [0.15, 0.2) is 71.2 Å². The topological polar surface area (TPSA) is 42.2 Å². The average molecular weight is 305 g/mol. The lowest BCUT2D eigenvalue weighted by molar-refractivity contribution is -0.117. The summed E-state index contributed by atoms with van der Waals surface area (Å²) in [6.07, 6.45) is 4.04. The highest BCUT2D eigenvalue weighted by molar-refractivity contribution is 5.91. The number of hydrogen-bond acceptors (Lipinski definition) is 2. The van der Waals surface area contributed by atoms with Crippen molar-refractivity contribution in [3.8, 4) is 0 Å².